The third kappa shape index (κ3) is 4.12. The van der Waals surface area contributed by atoms with Crippen LogP contribution in [0.5, 0.6) is 5.75 Å². The molecule has 0 saturated heterocycles. The van der Waals surface area contributed by atoms with Crippen molar-refractivity contribution >= 4 is 15.9 Å². The second-order valence-corrected chi connectivity index (χ2v) is 7.58. The van der Waals surface area contributed by atoms with Gasteiger partial charge in [-0.05, 0) is 36.4 Å². The molecule has 0 spiro atoms. The molecule has 1 heterocycles. The van der Waals surface area contributed by atoms with E-state index in [1.807, 2.05) is 0 Å². The molecule has 1 N–H and O–H groups in total. The summed E-state index contributed by atoms with van der Waals surface area (Å²) in [7, 11) is -3.76. The Labute approximate surface area is 151 Å². The molecule has 0 saturated carbocycles. The van der Waals surface area contributed by atoms with Gasteiger partial charge in [-0.3, -0.25) is 0 Å². The topological polar surface area (TPSA) is 85.6 Å². The lowest BCUT2D eigenvalue weighted by atomic mass is 10.3. The Kier molecular flexibility index (Phi) is 5.38. The first kappa shape index (κ1) is 17.8. The molecule has 0 aliphatic rings. The molecule has 2 aromatic carbocycles. The number of benzene rings is 2. The Morgan fingerprint density at radius 2 is 1.62 bits per heavy atom. The SMILES string of the molecule is O=C(NC[C@@H](c1ccco1)S(=O)(=O)c1ccccc1)Oc1ccccc1. The van der Waals surface area contributed by atoms with Crippen LogP contribution in [0.15, 0.2) is 88.4 Å². The summed E-state index contributed by atoms with van der Waals surface area (Å²) in [6.45, 7) is -0.184. The largest absolute Gasteiger partial charge is 0.468 e. The molecule has 26 heavy (non-hydrogen) atoms. The third-order valence-electron chi connectivity index (χ3n) is 3.69. The minimum Gasteiger partial charge on any atom is -0.468 e. The molecule has 0 aliphatic carbocycles. The van der Waals surface area contributed by atoms with E-state index in [0.29, 0.717) is 5.75 Å². The fraction of sp³-hybridized carbons (Fsp3) is 0.105. The normalized spacial score (nSPS) is 12.3. The lowest BCUT2D eigenvalue weighted by Crippen LogP contribution is -2.33. The zero-order valence-electron chi connectivity index (χ0n) is 13.7. The van der Waals surface area contributed by atoms with Crippen LogP contribution in [0.1, 0.15) is 11.0 Å². The zero-order valence-corrected chi connectivity index (χ0v) is 14.6. The molecule has 1 atom stereocenters. The standard InChI is InChI=1S/C19H17NO5S/c21-19(25-15-8-3-1-4-9-15)20-14-18(17-12-7-13-24-17)26(22,23)16-10-5-2-6-11-16/h1-13,18H,14H2,(H,20,21)/t18-/m0/s1. The molecule has 0 radical (unpaired) electrons. The summed E-state index contributed by atoms with van der Waals surface area (Å²) >= 11 is 0. The van der Waals surface area contributed by atoms with Crippen LogP contribution < -0.4 is 10.1 Å². The van der Waals surface area contributed by atoms with Crippen molar-refractivity contribution in [1.29, 1.82) is 0 Å². The van der Waals surface area contributed by atoms with E-state index in [-0.39, 0.29) is 17.2 Å². The average Bonchev–Trinajstić information content (AvgIpc) is 3.17. The van der Waals surface area contributed by atoms with Crippen molar-refractivity contribution in [3.8, 4) is 5.75 Å². The Bertz CT molecular complexity index is 938. The van der Waals surface area contributed by atoms with Crippen molar-refractivity contribution in [1.82, 2.24) is 5.32 Å². The number of nitrogens with one attached hydrogen (secondary N) is 1. The Morgan fingerprint density at radius 1 is 0.962 bits per heavy atom. The van der Waals surface area contributed by atoms with Crippen LogP contribution in [0.2, 0.25) is 0 Å². The maximum atomic E-state index is 12.9. The fourth-order valence-corrected chi connectivity index (χ4v) is 4.03. The van der Waals surface area contributed by atoms with E-state index in [1.54, 1.807) is 60.7 Å². The van der Waals surface area contributed by atoms with Crippen molar-refractivity contribution < 1.29 is 22.4 Å². The number of hydrogen-bond donors (Lipinski definition) is 1. The number of sulfone groups is 1. The van der Waals surface area contributed by atoms with Gasteiger partial charge in [0.15, 0.2) is 9.84 Å². The molecule has 134 valence electrons. The van der Waals surface area contributed by atoms with Crippen LogP contribution in [0.4, 0.5) is 4.79 Å². The molecule has 3 rings (SSSR count). The van der Waals surface area contributed by atoms with E-state index < -0.39 is 21.2 Å². The van der Waals surface area contributed by atoms with Gasteiger partial charge < -0.3 is 14.5 Å². The van der Waals surface area contributed by atoms with Gasteiger partial charge in [0.25, 0.3) is 0 Å². The Balaban J connectivity index is 1.77. The summed E-state index contributed by atoms with van der Waals surface area (Å²) in [6, 6.07) is 19.7. The lowest BCUT2D eigenvalue weighted by molar-refractivity contribution is 0.200. The lowest BCUT2D eigenvalue weighted by Gasteiger charge is -2.16. The van der Waals surface area contributed by atoms with Gasteiger partial charge in [0, 0.05) is 6.54 Å². The Hall–Kier alpha value is -3.06. The second-order valence-electron chi connectivity index (χ2n) is 5.45. The number of ether oxygens (including phenoxy) is 1. The van der Waals surface area contributed by atoms with E-state index >= 15 is 0 Å². The minimum absolute atomic E-state index is 0.152. The predicted molar refractivity (Wildman–Crippen MR) is 95.5 cm³/mol. The number of furan rings is 1. The number of para-hydroxylation sites is 1. The van der Waals surface area contributed by atoms with Crippen LogP contribution in [-0.2, 0) is 9.84 Å². The maximum absolute atomic E-state index is 12.9. The molecule has 0 bridgehead atoms. The molecule has 7 heteroatoms. The van der Waals surface area contributed by atoms with Crippen LogP contribution in [0, 0.1) is 0 Å². The first-order valence-electron chi connectivity index (χ1n) is 7.90. The van der Waals surface area contributed by atoms with Crippen LogP contribution >= 0.6 is 0 Å². The molecule has 1 aromatic heterocycles. The van der Waals surface area contributed by atoms with Gasteiger partial charge in [0.2, 0.25) is 0 Å². The van der Waals surface area contributed by atoms with Gasteiger partial charge in [-0.15, -0.1) is 0 Å². The second kappa shape index (κ2) is 7.88. The first-order chi connectivity index (χ1) is 12.6. The summed E-state index contributed by atoms with van der Waals surface area (Å²) < 4.78 is 36.3. The molecular weight excluding hydrogens is 354 g/mol. The molecule has 0 aliphatic heterocycles. The van der Waals surface area contributed by atoms with Gasteiger partial charge in [-0.1, -0.05) is 36.4 Å². The maximum Gasteiger partial charge on any atom is 0.412 e. The highest BCUT2D eigenvalue weighted by atomic mass is 32.2. The number of hydrogen-bond acceptors (Lipinski definition) is 5. The Morgan fingerprint density at radius 3 is 2.23 bits per heavy atom. The molecule has 3 aromatic rings. The summed E-state index contributed by atoms with van der Waals surface area (Å²) in [5, 5.41) is 1.43. The molecular formula is C19H17NO5S. The van der Waals surface area contributed by atoms with Gasteiger partial charge in [-0.25, -0.2) is 13.2 Å². The van der Waals surface area contributed by atoms with Gasteiger partial charge in [-0.2, -0.15) is 0 Å². The van der Waals surface area contributed by atoms with Crippen molar-refractivity contribution in [3.63, 3.8) is 0 Å². The summed E-state index contributed by atoms with van der Waals surface area (Å²) in [5.74, 6) is 0.610. The van der Waals surface area contributed by atoms with Crippen LogP contribution in [0.25, 0.3) is 0 Å². The smallest absolute Gasteiger partial charge is 0.412 e. The van der Waals surface area contributed by atoms with Crippen molar-refractivity contribution in [2.75, 3.05) is 6.54 Å². The number of carbonyl (C=O) groups excluding carboxylic acids is 1. The summed E-state index contributed by atoms with van der Waals surface area (Å²) in [5.41, 5.74) is 0. The number of amides is 1. The third-order valence-corrected chi connectivity index (χ3v) is 5.77. The zero-order chi connectivity index (χ0) is 18.4. The van der Waals surface area contributed by atoms with Gasteiger partial charge in [0.1, 0.15) is 16.8 Å². The molecule has 0 fully saturated rings. The highest BCUT2D eigenvalue weighted by molar-refractivity contribution is 7.91. The highest BCUT2D eigenvalue weighted by Crippen LogP contribution is 2.28. The first-order valence-corrected chi connectivity index (χ1v) is 9.45. The number of rotatable bonds is 6. The van der Waals surface area contributed by atoms with E-state index in [0.717, 1.165) is 0 Å². The average molecular weight is 371 g/mol. The number of carbonyl (C=O) groups is 1. The van der Waals surface area contributed by atoms with E-state index in [9.17, 15) is 13.2 Å². The van der Waals surface area contributed by atoms with E-state index in [1.165, 1.54) is 18.4 Å². The van der Waals surface area contributed by atoms with E-state index in [2.05, 4.69) is 5.32 Å². The van der Waals surface area contributed by atoms with Crippen LogP contribution in [-0.4, -0.2) is 21.1 Å². The van der Waals surface area contributed by atoms with Crippen molar-refractivity contribution in [2.24, 2.45) is 0 Å². The fourth-order valence-electron chi connectivity index (χ4n) is 2.42. The van der Waals surface area contributed by atoms with Gasteiger partial charge >= 0.3 is 6.09 Å². The minimum atomic E-state index is -3.76. The summed E-state index contributed by atoms with van der Waals surface area (Å²) in [4.78, 5) is 12.1. The van der Waals surface area contributed by atoms with Crippen molar-refractivity contribution in [3.05, 3.63) is 84.8 Å². The van der Waals surface area contributed by atoms with Crippen molar-refractivity contribution in [2.45, 2.75) is 10.1 Å². The quantitative estimate of drug-likeness (QED) is 0.716. The molecule has 6 nitrogen and oxygen atoms in total. The summed E-state index contributed by atoms with van der Waals surface area (Å²) in [6.07, 6.45) is 0.654. The van der Waals surface area contributed by atoms with Gasteiger partial charge in [0.05, 0.1) is 11.2 Å². The monoisotopic (exact) mass is 371 g/mol. The molecule has 1 amide bonds. The van der Waals surface area contributed by atoms with Crippen LogP contribution in [0.3, 0.4) is 0 Å². The predicted octanol–water partition coefficient (Wildman–Crippen LogP) is 3.58. The van der Waals surface area contributed by atoms with E-state index in [4.69, 9.17) is 9.15 Å². The molecule has 0 unspecified atom stereocenters. The highest BCUT2D eigenvalue weighted by Gasteiger charge is 2.31.